The molecule has 1 rings (SSSR count). The Morgan fingerprint density at radius 2 is 1.91 bits per heavy atom. The molecule has 0 heterocycles. The Morgan fingerprint density at radius 3 is 2.36 bits per heavy atom. The van der Waals surface area contributed by atoms with Crippen LogP contribution in [0.25, 0.3) is 0 Å². The van der Waals surface area contributed by atoms with Gasteiger partial charge < -0.3 is 15.2 Å². The van der Waals surface area contributed by atoms with Crippen LogP contribution in [-0.4, -0.2) is 41.2 Å². The van der Waals surface area contributed by atoms with Gasteiger partial charge in [-0.1, -0.05) is 12.1 Å². The first-order valence-corrected chi connectivity index (χ1v) is 6.85. The summed E-state index contributed by atoms with van der Waals surface area (Å²) in [6.45, 7) is 0. The molecule has 5 nitrogen and oxygen atoms in total. The van der Waals surface area contributed by atoms with Crippen molar-refractivity contribution in [3.05, 3.63) is 28.7 Å². The number of aliphatic hydroxyl groups is 1. The predicted octanol–water partition coefficient (Wildman–Crippen LogP) is 2.46. The topological polar surface area (TPSA) is 75.6 Å². The summed E-state index contributed by atoms with van der Waals surface area (Å²) in [5, 5.41) is 9.03. The minimum atomic E-state index is -5.50. The van der Waals surface area contributed by atoms with Crippen LogP contribution in [0.1, 0.15) is 0 Å². The summed E-state index contributed by atoms with van der Waals surface area (Å²) in [4.78, 5) is 23.1. The van der Waals surface area contributed by atoms with Crippen molar-refractivity contribution in [3.8, 4) is 0 Å². The van der Waals surface area contributed by atoms with E-state index in [-0.39, 0.29) is 5.69 Å². The zero-order chi connectivity index (χ0) is 17.1. The van der Waals surface area contributed by atoms with Crippen molar-refractivity contribution in [2.24, 2.45) is 0 Å². The number of methoxy groups -OCH3 is 1. The summed E-state index contributed by atoms with van der Waals surface area (Å²) in [5.41, 5.74) is -4.05. The molecule has 1 aromatic carbocycles. The van der Waals surface area contributed by atoms with Crippen LogP contribution in [0.4, 0.5) is 18.9 Å². The van der Waals surface area contributed by atoms with E-state index in [1.807, 2.05) is 0 Å². The van der Waals surface area contributed by atoms with Crippen LogP contribution in [0.15, 0.2) is 28.7 Å². The van der Waals surface area contributed by atoms with Crippen molar-refractivity contribution in [1.29, 1.82) is 0 Å². The fraction of sp³-hybridized carbons (Fsp3) is 0.333. The zero-order valence-electron chi connectivity index (χ0n) is 10.9. The zero-order valence-corrected chi connectivity index (χ0v) is 13.3. The first-order chi connectivity index (χ1) is 10.1. The summed E-state index contributed by atoms with van der Waals surface area (Å²) in [7, 11) is 0.633. The molecule has 0 bridgehead atoms. The fourth-order valence-electron chi connectivity index (χ4n) is 1.47. The van der Waals surface area contributed by atoms with E-state index in [4.69, 9.17) is 11.6 Å². The van der Waals surface area contributed by atoms with Crippen molar-refractivity contribution in [2.75, 3.05) is 12.4 Å². The van der Waals surface area contributed by atoms with Crippen LogP contribution in [0.3, 0.4) is 0 Å². The average Bonchev–Trinajstić information content (AvgIpc) is 2.45. The molecule has 2 atom stereocenters. The molecule has 22 heavy (non-hydrogen) atoms. The largest absolute Gasteiger partial charge is 0.467 e. The second-order valence-electron chi connectivity index (χ2n) is 4.09. The highest BCUT2D eigenvalue weighted by molar-refractivity contribution is 9.10. The van der Waals surface area contributed by atoms with Gasteiger partial charge in [-0.2, -0.15) is 13.2 Å². The third-order valence-corrected chi connectivity index (χ3v) is 3.86. The van der Waals surface area contributed by atoms with Crippen molar-refractivity contribution in [3.63, 3.8) is 0 Å². The maximum atomic E-state index is 12.9. The third-order valence-electron chi connectivity index (χ3n) is 2.66. The number of nitrogens with one attached hydrogen (secondary N) is 1. The van der Waals surface area contributed by atoms with Gasteiger partial charge in [-0.05, 0) is 28.1 Å². The number of rotatable bonds is 4. The van der Waals surface area contributed by atoms with Crippen LogP contribution in [0.5, 0.6) is 0 Å². The molecule has 0 aromatic heterocycles. The minimum Gasteiger partial charge on any atom is -0.467 e. The molecule has 0 radical (unpaired) electrons. The van der Waals surface area contributed by atoms with Crippen LogP contribution in [0.2, 0.25) is 0 Å². The molecule has 0 aliphatic heterocycles. The molecule has 0 fully saturated rings. The highest BCUT2D eigenvalue weighted by Gasteiger charge is 2.67. The number of esters is 1. The van der Waals surface area contributed by atoms with Gasteiger partial charge in [-0.3, -0.25) is 4.79 Å². The van der Waals surface area contributed by atoms with Gasteiger partial charge in [0, 0.05) is 4.47 Å². The van der Waals surface area contributed by atoms with E-state index in [0.717, 1.165) is 0 Å². The molecule has 0 aliphatic carbocycles. The third kappa shape index (κ3) is 3.53. The Bertz CT molecular complexity index is 584. The van der Waals surface area contributed by atoms with Crippen LogP contribution in [0, 0.1) is 0 Å². The average molecular weight is 405 g/mol. The lowest BCUT2D eigenvalue weighted by Crippen LogP contribution is -2.62. The normalized spacial score (nSPS) is 15.6. The number of amides is 1. The molecular formula is C12H10BrClF3NO4. The number of ether oxygens (including phenoxy) is 1. The molecule has 0 aliphatic rings. The summed E-state index contributed by atoms with van der Waals surface area (Å²) in [6.07, 6.45) is -5.50. The number of hydrogen-bond donors (Lipinski definition) is 2. The Kier molecular flexibility index (Phi) is 5.82. The summed E-state index contributed by atoms with van der Waals surface area (Å²) in [6, 6.07) is 6.03. The lowest BCUT2D eigenvalue weighted by Gasteiger charge is -2.30. The van der Waals surface area contributed by atoms with Crippen LogP contribution >= 0.6 is 27.5 Å². The number of halogens is 5. The smallest absolute Gasteiger partial charge is 0.430 e. The first-order valence-electron chi connectivity index (χ1n) is 5.62. The highest BCUT2D eigenvalue weighted by atomic mass is 79.9. The van der Waals surface area contributed by atoms with E-state index in [0.29, 0.717) is 11.6 Å². The molecule has 1 aromatic rings. The minimum absolute atomic E-state index is 0.118. The van der Waals surface area contributed by atoms with E-state index in [2.05, 4.69) is 26.0 Å². The Labute approximate surface area is 136 Å². The van der Waals surface area contributed by atoms with E-state index in [9.17, 15) is 27.9 Å². The van der Waals surface area contributed by atoms with Crippen LogP contribution in [-0.2, 0) is 14.3 Å². The van der Waals surface area contributed by atoms with Gasteiger partial charge in [-0.25, -0.2) is 4.79 Å². The van der Waals surface area contributed by atoms with Crippen molar-refractivity contribution >= 4 is 45.1 Å². The van der Waals surface area contributed by atoms with Gasteiger partial charge in [0.1, 0.15) is 0 Å². The molecule has 0 unspecified atom stereocenters. The standard InChI is InChI=1S/C12H10BrClF3NO4/c1-22-10(20)11(21,12(15,16)17)8(14)9(19)18-7-5-3-2-4-6(7)13/h2-5,8,21H,1H3,(H,18,19)/t8-,11+/m1/s1. The monoisotopic (exact) mass is 403 g/mol. The maximum Gasteiger partial charge on any atom is 0.430 e. The van der Waals surface area contributed by atoms with E-state index in [1.54, 1.807) is 6.07 Å². The quantitative estimate of drug-likeness (QED) is 0.597. The Balaban J connectivity index is 3.10. The molecule has 1 amide bonds. The van der Waals surface area contributed by atoms with Gasteiger partial charge in [0.25, 0.3) is 5.60 Å². The summed E-state index contributed by atoms with van der Waals surface area (Å²) in [5.74, 6) is -3.50. The summed E-state index contributed by atoms with van der Waals surface area (Å²) < 4.78 is 43.1. The van der Waals surface area contributed by atoms with E-state index >= 15 is 0 Å². The Hall–Kier alpha value is -1.32. The van der Waals surface area contributed by atoms with Crippen LogP contribution < -0.4 is 5.32 Å². The SMILES string of the molecule is COC(=O)[C@@](O)([C@H](Cl)C(=O)Nc1ccccc1Br)C(F)(F)F. The summed E-state index contributed by atoms with van der Waals surface area (Å²) >= 11 is 8.47. The molecule has 0 saturated heterocycles. The lowest BCUT2D eigenvalue weighted by atomic mass is 9.98. The van der Waals surface area contributed by atoms with Gasteiger partial charge in [0.2, 0.25) is 5.91 Å². The number of alkyl halides is 4. The second kappa shape index (κ2) is 6.84. The van der Waals surface area contributed by atoms with Gasteiger partial charge in [-0.15, -0.1) is 11.6 Å². The molecule has 0 saturated carbocycles. The van der Waals surface area contributed by atoms with Gasteiger partial charge in [0.05, 0.1) is 12.8 Å². The Morgan fingerprint density at radius 1 is 1.36 bits per heavy atom. The molecular weight excluding hydrogens is 394 g/mol. The van der Waals surface area contributed by atoms with E-state index < -0.39 is 29.0 Å². The molecule has 122 valence electrons. The van der Waals surface area contributed by atoms with Crippen molar-refractivity contribution in [1.82, 2.24) is 0 Å². The lowest BCUT2D eigenvalue weighted by molar-refractivity contribution is -0.260. The fourth-order valence-corrected chi connectivity index (χ4v) is 2.12. The predicted molar refractivity (Wildman–Crippen MR) is 75.4 cm³/mol. The second-order valence-corrected chi connectivity index (χ2v) is 5.38. The number of anilines is 1. The number of hydrogen-bond acceptors (Lipinski definition) is 4. The first kappa shape index (κ1) is 18.7. The van der Waals surface area contributed by atoms with Gasteiger partial charge in [0.15, 0.2) is 5.38 Å². The number of carbonyl (C=O) groups excluding carboxylic acids is 2. The maximum absolute atomic E-state index is 12.9. The van der Waals surface area contributed by atoms with Crippen molar-refractivity contribution < 1.29 is 32.6 Å². The highest BCUT2D eigenvalue weighted by Crippen LogP contribution is 2.37. The number of para-hydroxylation sites is 1. The molecule has 2 N–H and O–H groups in total. The molecule has 10 heteroatoms. The van der Waals surface area contributed by atoms with Gasteiger partial charge >= 0.3 is 12.1 Å². The number of carbonyl (C=O) groups is 2. The van der Waals surface area contributed by atoms with Crippen molar-refractivity contribution in [2.45, 2.75) is 17.2 Å². The number of benzene rings is 1. The van der Waals surface area contributed by atoms with E-state index in [1.165, 1.54) is 18.2 Å². The molecule has 0 spiro atoms.